The maximum absolute atomic E-state index is 12.4. The van der Waals surface area contributed by atoms with Crippen LogP contribution in [0.25, 0.3) is 11.1 Å². The van der Waals surface area contributed by atoms with Gasteiger partial charge in [0, 0.05) is 24.2 Å². The Kier molecular flexibility index (Phi) is 5.43. The Morgan fingerprint density at radius 2 is 1.70 bits per heavy atom. The molecule has 0 spiro atoms. The van der Waals surface area contributed by atoms with Crippen LogP contribution >= 0.6 is 0 Å². The summed E-state index contributed by atoms with van der Waals surface area (Å²) >= 11 is 0. The van der Waals surface area contributed by atoms with Gasteiger partial charge in [-0.1, -0.05) is 48.5 Å². The highest BCUT2D eigenvalue weighted by Crippen LogP contribution is 2.44. The van der Waals surface area contributed by atoms with Gasteiger partial charge in [0.15, 0.2) is 0 Å². The van der Waals surface area contributed by atoms with Crippen LogP contribution < -0.4 is 5.32 Å². The molecular weight excluding hydrogens is 382 g/mol. The van der Waals surface area contributed by atoms with E-state index in [9.17, 15) is 14.7 Å². The van der Waals surface area contributed by atoms with Crippen molar-refractivity contribution in [2.45, 2.75) is 25.3 Å². The summed E-state index contributed by atoms with van der Waals surface area (Å²) in [5.41, 5.74) is 5.17. The first kappa shape index (κ1) is 19.6. The zero-order valence-electron chi connectivity index (χ0n) is 16.4. The molecule has 7 nitrogen and oxygen atoms in total. The molecule has 30 heavy (non-hydrogen) atoms. The summed E-state index contributed by atoms with van der Waals surface area (Å²) in [7, 11) is 0. The minimum atomic E-state index is -1.18. The number of rotatable bonds is 6. The molecule has 3 aromatic rings. The number of fused-ring (bicyclic) bond motifs is 3. The lowest BCUT2D eigenvalue weighted by molar-refractivity contribution is -0.139. The van der Waals surface area contributed by atoms with Crippen LogP contribution in [0.3, 0.4) is 0 Å². The smallest absolute Gasteiger partial charge is 0.407 e. The van der Waals surface area contributed by atoms with E-state index in [0.717, 1.165) is 27.9 Å². The number of amides is 1. The van der Waals surface area contributed by atoms with E-state index >= 15 is 0 Å². The fourth-order valence-electron chi connectivity index (χ4n) is 3.76. The van der Waals surface area contributed by atoms with Crippen molar-refractivity contribution in [2.24, 2.45) is 0 Å². The first-order chi connectivity index (χ1) is 14.5. The van der Waals surface area contributed by atoms with Crippen LogP contribution in [0.4, 0.5) is 4.79 Å². The SMILES string of the molecule is Cc1ccnc(CC(NC(=O)OCC2c3ccccc3-c3ccccc32)C(=O)O)n1. The average molecular weight is 403 g/mol. The standard InChI is InChI=1S/C23H21N3O4/c1-14-10-11-24-21(25-14)12-20(22(27)28)26-23(29)30-13-19-17-8-4-2-6-15(17)16-7-3-5-9-18(16)19/h2-11,19-20H,12-13H2,1H3,(H,26,29)(H,27,28). The summed E-state index contributed by atoms with van der Waals surface area (Å²) in [6.45, 7) is 1.91. The first-order valence-corrected chi connectivity index (χ1v) is 9.66. The second kappa shape index (κ2) is 8.32. The van der Waals surface area contributed by atoms with Gasteiger partial charge in [0.1, 0.15) is 18.5 Å². The van der Waals surface area contributed by atoms with Gasteiger partial charge in [0.2, 0.25) is 0 Å². The highest BCUT2D eigenvalue weighted by Gasteiger charge is 2.30. The number of hydrogen-bond acceptors (Lipinski definition) is 5. The molecule has 4 rings (SSSR count). The second-order valence-electron chi connectivity index (χ2n) is 7.18. The van der Waals surface area contributed by atoms with Gasteiger partial charge < -0.3 is 15.2 Å². The number of hydrogen-bond donors (Lipinski definition) is 2. The summed E-state index contributed by atoms with van der Waals surface area (Å²) in [5, 5.41) is 11.9. The van der Waals surface area contributed by atoms with Crippen molar-refractivity contribution in [3.8, 4) is 11.1 Å². The average Bonchev–Trinajstić information content (AvgIpc) is 3.06. The number of benzene rings is 2. The summed E-state index contributed by atoms with van der Waals surface area (Å²) < 4.78 is 5.43. The molecule has 1 amide bonds. The minimum Gasteiger partial charge on any atom is -0.480 e. The fraction of sp³-hybridized carbons (Fsp3) is 0.217. The molecule has 1 heterocycles. The number of aryl methyl sites for hydroxylation is 1. The van der Waals surface area contributed by atoms with Crippen LogP contribution in [0.1, 0.15) is 28.6 Å². The van der Waals surface area contributed by atoms with E-state index in [0.29, 0.717) is 5.82 Å². The van der Waals surface area contributed by atoms with Gasteiger partial charge in [-0.2, -0.15) is 0 Å². The van der Waals surface area contributed by atoms with Crippen molar-refractivity contribution >= 4 is 12.1 Å². The van der Waals surface area contributed by atoms with Crippen molar-refractivity contribution in [1.29, 1.82) is 0 Å². The van der Waals surface area contributed by atoms with Crippen molar-refractivity contribution in [1.82, 2.24) is 15.3 Å². The molecule has 2 aromatic carbocycles. The van der Waals surface area contributed by atoms with E-state index < -0.39 is 18.1 Å². The van der Waals surface area contributed by atoms with Crippen LogP contribution in [0.15, 0.2) is 60.8 Å². The normalized spacial score (nSPS) is 13.2. The molecular formula is C23H21N3O4. The molecule has 0 radical (unpaired) electrons. The molecule has 1 aromatic heterocycles. The van der Waals surface area contributed by atoms with Crippen molar-refractivity contribution in [2.75, 3.05) is 6.61 Å². The van der Waals surface area contributed by atoms with E-state index in [1.807, 2.05) is 36.4 Å². The van der Waals surface area contributed by atoms with Crippen molar-refractivity contribution in [3.63, 3.8) is 0 Å². The lowest BCUT2D eigenvalue weighted by Gasteiger charge is -2.17. The number of carboxylic acids is 1. The summed E-state index contributed by atoms with van der Waals surface area (Å²) in [5.74, 6) is -0.915. The quantitative estimate of drug-likeness (QED) is 0.655. The summed E-state index contributed by atoms with van der Waals surface area (Å²) in [4.78, 5) is 32.2. The van der Waals surface area contributed by atoms with E-state index in [2.05, 4.69) is 27.4 Å². The lowest BCUT2D eigenvalue weighted by Crippen LogP contribution is -2.43. The zero-order chi connectivity index (χ0) is 21.1. The van der Waals surface area contributed by atoms with Crippen LogP contribution in [-0.4, -0.2) is 39.8 Å². The summed E-state index contributed by atoms with van der Waals surface area (Å²) in [6, 6.07) is 16.6. The number of alkyl carbamates (subject to hydrolysis) is 1. The molecule has 0 bridgehead atoms. The Balaban J connectivity index is 1.43. The number of nitrogens with zero attached hydrogens (tertiary/aromatic N) is 2. The maximum atomic E-state index is 12.4. The molecule has 1 atom stereocenters. The molecule has 1 unspecified atom stereocenters. The molecule has 0 aliphatic heterocycles. The third-order valence-corrected chi connectivity index (χ3v) is 5.17. The van der Waals surface area contributed by atoms with E-state index in [1.54, 1.807) is 19.2 Å². The number of aromatic nitrogens is 2. The molecule has 0 saturated heterocycles. The van der Waals surface area contributed by atoms with E-state index in [-0.39, 0.29) is 18.9 Å². The van der Waals surface area contributed by atoms with E-state index in [1.165, 1.54) is 0 Å². The van der Waals surface area contributed by atoms with Gasteiger partial charge in [-0.25, -0.2) is 19.6 Å². The Labute approximate surface area is 173 Å². The van der Waals surface area contributed by atoms with Gasteiger partial charge >= 0.3 is 12.1 Å². The van der Waals surface area contributed by atoms with Crippen molar-refractivity contribution < 1.29 is 19.4 Å². The van der Waals surface area contributed by atoms with Crippen LogP contribution in [0.2, 0.25) is 0 Å². The predicted molar refractivity (Wildman–Crippen MR) is 110 cm³/mol. The monoisotopic (exact) mass is 403 g/mol. The highest BCUT2D eigenvalue weighted by atomic mass is 16.5. The predicted octanol–water partition coefficient (Wildman–Crippen LogP) is 3.32. The third-order valence-electron chi connectivity index (χ3n) is 5.17. The number of ether oxygens (including phenoxy) is 1. The van der Waals surface area contributed by atoms with Gasteiger partial charge in [-0.05, 0) is 35.2 Å². The highest BCUT2D eigenvalue weighted by molar-refractivity contribution is 5.81. The third kappa shape index (κ3) is 4.00. The number of carbonyl (C=O) groups is 2. The maximum Gasteiger partial charge on any atom is 0.407 e. The van der Waals surface area contributed by atoms with Gasteiger partial charge in [0.25, 0.3) is 0 Å². The molecule has 1 aliphatic rings. The number of nitrogens with one attached hydrogen (secondary N) is 1. The molecule has 7 heteroatoms. The number of aliphatic carboxylic acids is 1. The zero-order valence-corrected chi connectivity index (χ0v) is 16.4. The Hall–Kier alpha value is -3.74. The van der Waals surface area contributed by atoms with Crippen LogP contribution in [-0.2, 0) is 16.0 Å². The molecule has 2 N–H and O–H groups in total. The first-order valence-electron chi connectivity index (χ1n) is 9.66. The van der Waals surface area contributed by atoms with Gasteiger partial charge in [-0.15, -0.1) is 0 Å². The summed E-state index contributed by atoms with van der Waals surface area (Å²) in [6.07, 6.45) is 0.752. The fourth-order valence-corrected chi connectivity index (χ4v) is 3.76. The molecule has 0 saturated carbocycles. The van der Waals surface area contributed by atoms with Crippen LogP contribution in [0, 0.1) is 6.92 Å². The number of carbonyl (C=O) groups excluding carboxylic acids is 1. The van der Waals surface area contributed by atoms with Gasteiger partial charge in [-0.3, -0.25) is 0 Å². The Morgan fingerprint density at radius 1 is 1.07 bits per heavy atom. The Bertz CT molecular complexity index is 1050. The van der Waals surface area contributed by atoms with Crippen molar-refractivity contribution in [3.05, 3.63) is 83.4 Å². The molecule has 1 aliphatic carbocycles. The van der Waals surface area contributed by atoms with Gasteiger partial charge in [0.05, 0.1) is 0 Å². The largest absolute Gasteiger partial charge is 0.480 e. The minimum absolute atomic E-state index is 0.0266. The Morgan fingerprint density at radius 3 is 2.30 bits per heavy atom. The van der Waals surface area contributed by atoms with Crippen LogP contribution in [0.5, 0.6) is 0 Å². The lowest BCUT2D eigenvalue weighted by atomic mass is 9.98. The number of carboxylic acid groups (broad SMARTS) is 1. The second-order valence-corrected chi connectivity index (χ2v) is 7.18. The van der Waals surface area contributed by atoms with E-state index in [4.69, 9.17) is 4.74 Å². The molecule has 152 valence electrons. The topological polar surface area (TPSA) is 101 Å². The molecule has 0 fully saturated rings.